The van der Waals surface area contributed by atoms with Gasteiger partial charge in [0.2, 0.25) is 5.91 Å². The van der Waals surface area contributed by atoms with Gasteiger partial charge in [0.15, 0.2) is 0 Å². The van der Waals surface area contributed by atoms with Crippen LogP contribution < -0.4 is 10.2 Å². The van der Waals surface area contributed by atoms with Crippen LogP contribution in [-0.2, 0) is 9.53 Å². The Morgan fingerprint density at radius 3 is 2.64 bits per heavy atom. The Hall–Kier alpha value is -1.62. The molecule has 1 saturated heterocycles. The molecule has 0 saturated carbocycles. The Balaban J connectivity index is 2.07. The van der Waals surface area contributed by atoms with E-state index >= 15 is 0 Å². The van der Waals surface area contributed by atoms with Crippen LogP contribution in [0, 0.1) is 19.8 Å². The zero-order valence-corrected chi connectivity index (χ0v) is 14.1. The van der Waals surface area contributed by atoms with Crippen LogP contribution in [0.25, 0.3) is 0 Å². The van der Waals surface area contributed by atoms with Crippen molar-refractivity contribution in [2.75, 3.05) is 36.5 Å². The van der Waals surface area contributed by atoms with Crippen LogP contribution in [0.15, 0.2) is 6.07 Å². The van der Waals surface area contributed by atoms with E-state index in [-0.39, 0.29) is 5.91 Å². The SMILES string of the molecule is Cc1cc(N2CCOCC2)nc(C)c1NC(=O)CCC(C)C. The summed E-state index contributed by atoms with van der Waals surface area (Å²) in [5.41, 5.74) is 2.79. The second-order valence-electron chi connectivity index (χ2n) is 6.34. The van der Waals surface area contributed by atoms with Crippen LogP contribution in [0.3, 0.4) is 0 Å². The Bertz CT molecular complexity index is 500. The van der Waals surface area contributed by atoms with Crippen LogP contribution >= 0.6 is 0 Å². The summed E-state index contributed by atoms with van der Waals surface area (Å²) in [6, 6.07) is 2.05. The van der Waals surface area contributed by atoms with E-state index in [9.17, 15) is 4.79 Å². The molecule has 2 heterocycles. The third-order valence-corrected chi connectivity index (χ3v) is 3.93. The first kappa shape index (κ1) is 16.7. The number of nitrogens with one attached hydrogen (secondary N) is 1. The highest BCUT2D eigenvalue weighted by Gasteiger charge is 2.16. The van der Waals surface area contributed by atoms with Gasteiger partial charge in [-0.3, -0.25) is 4.79 Å². The molecular weight excluding hydrogens is 278 g/mol. The number of pyridine rings is 1. The summed E-state index contributed by atoms with van der Waals surface area (Å²) in [4.78, 5) is 18.9. The molecule has 1 fully saturated rings. The van der Waals surface area contributed by atoms with E-state index in [0.717, 1.165) is 55.5 Å². The van der Waals surface area contributed by atoms with E-state index in [1.807, 2.05) is 13.8 Å². The first-order valence-electron chi connectivity index (χ1n) is 8.08. The van der Waals surface area contributed by atoms with Crippen molar-refractivity contribution < 1.29 is 9.53 Å². The summed E-state index contributed by atoms with van der Waals surface area (Å²) in [6.07, 6.45) is 1.46. The van der Waals surface area contributed by atoms with Gasteiger partial charge in [-0.2, -0.15) is 0 Å². The van der Waals surface area contributed by atoms with Crippen molar-refractivity contribution >= 4 is 17.4 Å². The predicted octanol–water partition coefficient (Wildman–Crippen LogP) is 2.91. The lowest BCUT2D eigenvalue weighted by Crippen LogP contribution is -2.37. The fraction of sp³-hybridized carbons (Fsp3) is 0.647. The topological polar surface area (TPSA) is 54.5 Å². The van der Waals surface area contributed by atoms with Gasteiger partial charge >= 0.3 is 0 Å². The lowest BCUT2D eigenvalue weighted by atomic mass is 10.1. The molecule has 1 amide bonds. The van der Waals surface area contributed by atoms with E-state index in [0.29, 0.717) is 12.3 Å². The van der Waals surface area contributed by atoms with Gasteiger partial charge in [-0.25, -0.2) is 4.98 Å². The standard InChI is InChI=1S/C17H27N3O2/c1-12(2)5-6-16(21)19-17-13(3)11-15(18-14(17)4)20-7-9-22-10-8-20/h11-12H,5-10H2,1-4H3,(H,19,21). The number of aromatic nitrogens is 1. The fourth-order valence-electron chi connectivity index (χ4n) is 2.58. The van der Waals surface area contributed by atoms with Gasteiger partial charge in [0.25, 0.3) is 0 Å². The lowest BCUT2D eigenvalue weighted by molar-refractivity contribution is -0.116. The minimum Gasteiger partial charge on any atom is -0.378 e. The van der Waals surface area contributed by atoms with E-state index < -0.39 is 0 Å². The maximum absolute atomic E-state index is 12.0. The van der Waals surface area contributed by atoms with Crippen molar-refractivity contribution in [1.82, 2.24) is 4.98 Å². The number of carbonyl (C=O) groups is 1. The molecule has 0 spiro atoms. The number of nitrogens with zero attached hydrogens (tertiary/aromatic N) is 2. The van der Waals surface area contributed by atoms with Crippen LogP contribution in [-0.4, -0.2) is 37.2 Å². The maximum atomic E-state index is 12.0. The smallest absolute Gasteiger partial charge is 0.224 e. The summed E-state index contributed by atoms with van der Waals surface area (Å²) >= 11 is 0. The van der Waals surface area contributed by atoms with Crippen molar-refractivity contribution in [2.24, 2.45) is 5.92 Å². The number of rotatable bonds is 5. The third-order valence-electron chi connectivity index (χ3n) is 3.93. The van der Waals surface area contributed by atoms with Crippen molar-refractivity contribution in [3.63, 3.8) is 0 Å². The van der Waals surface area contributed by atoms with Gasteiger partial charge in [-0.05, 0) is 37.8 Å². The van der Waals surface area contributed by atoms with E-state index in [2.05, 4.69) is 35.1 Å². The van der Waals surface area contributed by atoms with Crippen LogP contribution in [0.1, 0.15) is 37.9 Å². The molecule has 0 aromatic carbocycles. The van der Waals surface area contributed by atoms with Gasteiger partial charge in [-0.15, -0.1) is 0 Å². The first-order chi connectivity index (χ1) is 10.5. The summed E-state index contributed by atoms with van der Waals surface area (Å²) < 4.78 is 5.38. The van der Waals surface area contributed by atoms with E-state index in [4.69, 9.17) is 4.74 Å². The highest BCUT2D eigenvalue weighted by molar-refractivity contribution is 5.92. The minimum atomic E-state index is 0.0702. The predicted molar refractivity (Wildman–Crippen MR) is 89.4 cm³/mol. The maximum Gasteiger partial charge on any atom is 0.224 e. The Morgan fingerprint density at radius 1 is 1.36 bits per heavy atom. The molecule has 0 bridgehead atoms. The molecule has 1 aliphatic heterocycles. The minimum absolute atomic E-state index is 0.0702. The number of morpholine rings is 1. The Labute approximate surface area is 133 Å². The first-order valence-corrected chi connectivity index (χ1v) is 8.08. The average Bonchev–Trinajstić information content (AvgIpc) is 2.49. The molecule has 5 heteroatoms. The van der Waals surface area contributed by atoms with Gasteiger partial charge < -0.3 is 15.0 Å². The van der Waals surface area contributed by atoms with Gasteiger partial charge in [0.05, 0.1) is 24.6 Å². The number of amides is 1. The zero-order valence-electron chi connectivity index (χ0n) is 14.1. The number of anilines is 2. The molecule has 1 aromatic rings. The number of aryl methyl sites for hydroxylation is 2. The molecule has 0 unspecified atom stereocenters. The van der Waals surface area contributed by atoms with Crippen LogP contribution in [0.4, 0.5) is 11.5 Å². The summed E-state index contributed by atoms with van der Waals surface area (Å²) in [6.45, 7) is 11.5. The zero-order chi connectivity index (χ0) is 16.1. The van der Waals surface area contributed by atoms with Gasteiger partial charge in [-0.1, -0.05) is 13.8 Å². The largest absolute Gasteiger partial charge is 0.378 e. The molecule has 0 radical (unpaired) electrons. The molecule has 0 aliphatic carbocycles. The molecule has 1 N–H and O–H groups in total. The van der Waals surface area contributed by atoms with Gasteiger partial charge in [0.1, 0.15) is 5.82 Å². The lowest BCUT2D eigenvalue weighted by Gasteiger charge is -2.28. The molecule has 2 rings (SSSR count). The molecule has 122 valence electrons. The molecule has 5 nitrogen and oxygen atoms in total. The van der Waals surface area contributed by atoms with Crippen molar-refractivity contribution in [3.8, 4) is 0 Å². The van der Waals surface area contributed by atoms with Gasteiger partial charge in [0, 0.05) is 19.5 Å². The Morgan fingerprint density at radius 2 is 2.05 bits per heavy atom. The molecule has 1 aromatic heterocycles. The summed E-state index contributed by atoms with van der Waals surface area (Å²) in [5, 5.41) is 3.02. The summed E-state index contributed by atoms with van der Waals surface area (Å²) in [5.74, 6) is 1.58. The number of hydrogen-bond donors (Lipinski definition) is 1. The van der Waals surface area contributed by atoms with E-state index in [1.54, 1.807) is 0 Å². The molecule has 22 heavy (non-hydrogen) atoms. The highest BCUT2D eigenvalue weighted by Crippen LogP contribution is 2.24. The van der Waals surface area contributed by atoms with Crippen LogP contribution in [0.2, 0.25) is 0 Å². The average molecular weight is 305 g/mol. The fourth-order valence-corrected chi connectivity index (χ4v) is 2.58. The quantitative estimate of drug-likeness (QED) is 0.909. The molecule has 1 aliphatic rings. The second-order valence-corrected chi connectivity index (χ2v) is 6.34. The Kier molecular flexibility index (Phi) is 5.77. The molecular formula is C17H27N3O2. The monoisotopic (exact) mass is 305 g/mol. The highest BCUT2D eigenvalue weighted by atomic mass is 16.5. The second kappa shape index (κ2) is 7.58. The molecule has 0 atom stereocenters. The number of hydrogen-bond acceptors (Lipinski definition) is 4. The van der Waals surface area contributed by atoms with Crippen molar-refractivity contribution in [3.05, 3.63) is 17.3 Å². The number of ether oxygens (including phenoxy) is 1. The summed E-state index contributed by atoms with van der Waals surface area (Å²) in [7, 11) is 0. The normalized spacial score (nSPS) is 15.2. The number of carbonyl (C=O) groups excluding carboxylic acids is 1. The van der Waals surface area contributed by atoms with E-state index in [1.165, 1.54) is 0 Å². The van der Waals surface area contributed by atoms with Crippen molar-refractivity contribution in [1.29, 1.82) is 0 Å². The van der Waals surface area contributed by atoms with Crippen molar-refractivity contribution in [2.45, 2.75) is 40.5 Å². The third kappa shape index (κ3) is 4.44. The van der Waals surface area contributed by atoms with Crippen LogP contribution in [0.5, 0.6) is 0 Å².